The molecule has 2 N–H and O–H groups in total. The number of Topliss-reactive ketones (excluding diaryl/α,β-unsaturated/α-hetero) is 1. The van der Waals surface area contributed by atoms with Gasteiger partial charge in [0.2, 0.25) is 0 Å². The van der Waals surface area contributed by atoms with E-state index in [4.69, 9.17) is 16.1 Å². The minimum atomic E-state index is -4.11. The molecule has 0 radical (unpaired) electrons. The number of sulfonamides is 1. The lowest BCUT2D eigenvalue weighted by Gasteiger charge is -2.16. The molecule has 0 saturated heterocycles. The number of aliphatic hydroxyl groups excluding tert-OH is 1. The van der Waals surface area contributed by atoms with Crippen LogP contribution in [0.1, 0.15) is 43.2 Å². The largest absolute Gasteiger partial charge is 0.392 e. The highest BCUT2D eigenvalue weighted by Gasteiger charge is 2.27. The molecular formula is C20H21ClN2O5S2. The van der Waals surface area contributed by atoms with Crippen LogP contribution in [0, 0.1) is 27.7 Å². The summed E-state index contributed by atoms with van der Waals surface area (Å²) in [4.78, 5) is 13.0. The number of anilines is 1. The first-order valence-corrected chi connectivity index (χ1v) is 11.8. The zero-order valence-electron chi connectivity index (χ0n) is 16.9. The standard InChI is InChI=1S/C20H21ClN2O5S2/c1-10-7-11(2)15(9-24)12(3)14(10)8-16(25)19-17(5-6-29-19)30(26,27)23-20-18(21)13(4)22-28-20/h5-7,23-24H,8-9H2,1-4H3. The highest BCUT2D eigenvalue weighted by molar-refractivity contribution is 7.93. The summed E-state index contributed by atoms with van der Waals surface area (Å²) < 4.78 is 32.9. The Morgan fingerprint density at radius 1 is 1.23 bits per heavy atom. The van der Waals surface area contributed by atoms with E-state index in [1.807, 2.05) is 26.8 Å². The number of aryl methyl sites for hydroxylation is 3. The molecule has 0 fully saturated rings. The smallest absolute Gasteiger partial charge is 0.265 e. The van der Waals surface area contributed by atoms with Crippen molar-refractivity contribution in [2.75, 3.05) is 4.72 Å². The molecule has 3 aromatic rings. The van der Waals surface area contributed by atoms with Crippen molar-refractivity contribution >= 4 is 44.6 Å². The first-order chi connectivity index (χ1) is 14.1. The minimum absolute atomic E-state index is 0.0240. The van der Waals surface area contributed by atoms with E-state index in [0.717, 1.165) is 39.2 Å². The normalized spacial score (nSPS) is 11.7. The first-order valence-electron chi connectivity index (χ1n) is 9.01. The van der Waals surface area contributed by atoms with E-state index in [1.165, 1.54) is 6.07 Å². The number of hydrogen-bond acceptors (Lipinski definition) is 7. The third-order valence-electron chi connectivity index (χ3n) is 4.98. The molecule has 3 rings (SSSR count). The van der Waals surface area contributed by atoms with Gasteiger partial charge in [0.15, 0.2) is 5.78 Å². The summed E-state index contributed by atoms with van der Waals surface area (Å²) in [6.07, 6.45) is 0.0240. The fourth-order valence-electron chi connectivity index (χ4n) is 3.34. The Labute approximate surface area is 183 Å². The van der Waals surface area contributed by atoms with Gasteiger partial charge in [-0.25, -0.2) is 13.1 Å². The van der Waals surface area contributed by atoms with Gasteiger partial charge in [-0.1, -0.05) is 22.8 Å². The van der Waals surface area contributed by atoms with Crippen LogP contribution in [0.3, 0.4) is 0 Å². The van der Waals surface area contributed by atoms with E-state index in [1.54, 1.807) is 12.3 Å². The van der Waals surface area contributed by atoms with Gasteiger partial charge in [-0.3, -0.25) is 4.79 Å². The number of halogens is 1. The van der Waals surface area contributed by atoms with Crippen LogP contribution in [0.2, 0.25) is 5.02 Å². The lowest BCUT2D eigenvalue weighted by Crippen LogP contribution is -2.16. The third-order valence-corrected chi connectivity index (χ3v) is 7.88. The summed E-state index contributed by atoms with van der Waals surface area (Å²) in [7, 11) is -4.11. The van der Waals surface area contributed by atoms with Crippen LogP contribution >= 0.6 is 22.9 Å². The summed E-state index contributed by atoms with van der Waals surface area (Å²) in [5, 5.41) is 14.9. The van der Waals surface area contributed by atoms with Gasteiger partial charge >= 0.3 is 0 Å². The average Bonchev–Trinajstić information content (AvgIpc) is 3.28. The lowest BCUT2D eigenvalue weighted by molar-refractivity contribution is 0.0993. The second kappa shape index (κ2) is 8.50. The van der Waals surface area contributed by atoms with Crippen LogP contribution in [0.15, 0.2) is 26.9 Å². The van der Waals surface area contributed by atoms with Crippen LogP contribution in [0.4, 0.5) is 5.88 Å². The Morgan fingerprint density at radius 3 is 2.50 bits per heavy atom. The van der Waals surface area contributed by atoms with E-state index in [2.05, 4.69) is 9.88 Å². The Kier molecular flexibility index (Phi) is 6.37. The molecule has 2 heterocycles. The molecule has 0 atom stereocenters. The lowest BCUT2D eigenvalue weighted by atomic mass is 9.91. The molecule has 10 heteroatoms. The Bertz CT molecular complexity index is 1230. The van der Waals surface area contributed by atoms with Crippen molar-refractivity contribution in [1.29, 1.82) is 0 Å². The van der Waals surface area contributed by atoms with Crippen LogP contribution in [-0.4, -0.2) is 24.5 Å². The van der Waals surface area contributed by atoms with E-state index in [9.17, 15) is 18.3 Å². The molecule has 30 heavy (non-hydrogen) atoms. The Balaban J connectivity index is 1.94. The zero-order chi connectivity index (χ0) is 22.2. The number of aliphatic hydroxyl groups is 1. The maximum atomic E-state index is 13.0. The van der Waals surface area contributed by atoms with Crippen molar-refractivity contribution < 1.29 is 22.8 Å². The Hall–Kier alpha value is -2.20. The van der Waals surface area contributed by atoms with Crippen LogP contribution in [0.25, 0.3) is 0 Å². The third kappa shape index (κ3) is 4.15. The molecular weight excluding hydrogens is 448 g/mol. The molecule has 0 aliphatic heterocycles. The van der Waals surface area contributed by atoms with Crippen molar-refractivity contribution in [3.63, 3.8) is 0 Å². The van der Waals surface area contributed by atoms with Crippen molar-refractivity contribution in [3.05, 3.63) is 60.9 Å². The minimum Gasteiger partial charge on any atom is -0.392 e. The molecule has 0 saturated carbocycles. The number of nitrogens with one attached hydrogen (secondary N) is 1. The average molecular weight is 469 g/mol. The molecule has 160 valence electrons. The summed E-state index contributed by atoms with van der Waals surface area (Å²) in [5.74, 6) is -0.527. The number of hydrogen-bond donors (Lipinski definition) is 2. The van der Waals surface area contributed by atoms with E-state index in [0.29, 0.717) is 5.69 Å². The predicted molar refractivity (Wildman–Crippen MR) is 116 cm³/mol. The number of nitrogens with zero attached hydrogens (tertiary/aromatic N) is 1. The van der Waals surface area contributed by atoms with E-state index >= 15 is 0 Å². The van der Waals surface area contributed by atoms with Crippen molar-refractivity contribution in [2.45, 2.75) is 45.6 Å². The summed E-state index contributed by atoms with van der Waals surface area (Å²) in [6, 6.07) is 3.29. The number of thiophene rings is 1. The van der Waals surface area contributed by atoms with Crippen LogP contribution in [0.5, 0.6) is 0 Å². The second-order valence-electron chi connectivity index (χ2n) is 6.98. The number of benzene rings is 1. The SMILES string of the molecule is Cc1cc(C)c(CC(=O)c2sccc2S(=O)(=O)Nc2onc(C)c2Cl)c(C)c1CO. The monoisotopic (exact) mass is 468 g/mol. The van der Waals surface area contributed by atoms with Crippen molar-refractivity contribution in [2.24, 2.45) is 0 Å². The molecule has 0 bridgehead atoms. The zero-order valence-corrected chi connectivity index (χ0v) is 19.3. The second-order valence-corrected chi connectivity index (χ2v) is 9.93. The molecule has 0 aliphatic carbocycles. The fourth-order valence-corrected chi connectivity index (χ4v) is 5.90. The summed E-state index contributed by atoms with van der Waals surface area (Å²) in [5.41, 5.74) is 4.62. The first kappa shape index (κ1) is 22.5. The highest BCUT2D eigenvalue weighted by atomic mass is 35.5. The van der Waals surface area contributed by atoms with Crippen LogP contribution in [-0.2, 0) is 23.1 Å². The van der Waals surface area contributed by atoms with Gasteiger partial charge in [0.25, 0.3) is 15.9 Å². The summed E-state index contributed by atoms with van der Waals surface area (Å²) >= 11 is 7.05. The number of carbonyl (C=O) groups excluding carboxylic acids is 1. The number of rotatable bonds is 7. The fraction of sp³-hybridized carbons (Fsp3) is 0.300. The molecule has 2 aromatic heterocycles. The highest BCUT2D eigenvalue weighted by Crippen LogP contribution is 2.31. The van der Waals surface area contributed by atoms with Crippen molar-refractivity contribution in [3.8, 4) is 0 Å². The van der Waals surface area contributed by atoms with Gasteiger partial charge in [-0.2, -0.15) is 0 Å². The van der Waals surface area contributed by atoms with Crippen molar-refractivity contribution in [1.82, 2.24) is 5.16 Å². The van der Waals surface area contributed by atoms with Gasteiger partial charge in [0.1, 0.15) is 15.6 Å². The molecule has 0 spiro atoms. The molecule has 7 nitrogen and oxygen atoms in total. The molecule has 0 aliphatic rings. The van der Waals surface area contributed by atoms with Crippen LogP contribution < -0.4 is 4.72 Å². The number of ketones is 1. The predicted octanol–water partition coefficient (Wildman–Crippen LogP) is 4.34. The maximum Gasteiger partial charge on any atom is 0.265 e. The van der Waals surface area contributed by atoms with Gasteiger partial charge in [-0.15, -0.1) is 11.3 Å². The van der Waals surface area contributed by atoms with Gasteiger partial charge in [-0.05, 0) is 67.0 Å². The number of carbonyl (C=O) groups is 1. The molecule has 1 aromatic carbocycles. The molecule has 0 amide bonds. The van der Waals surface area contributed by atoms with E-state index < -0.39 is 10.0 Å². The topological polar surface area (TPSA) is 110 Å². The number of aromatic nitrogens is 1. The quantitative estimate of drug-likeness (QED) is 0.499. The maximum absolute atomic E-state index is 13.0. The van der Waals surface area contributed by atoms with Gasteiger partial charge in [0, 0.05) is 6.42 Å². The van der Waals surface area contributed by atoms with Gasteiger partial charge < -0.3 is 9.63 Å². The van der Waals surface area contributed by atoms with Gasteiger partial charge in [0.05, 0.1) is 11.5 Å². The summed E-state index contributed by atoms with van der Waals surface area (Å²) in [6.45, 7) is 7.11. The van der Waals surface area contributed by atoms with E-state index in [-0.39, 0.29) is 39.5 Å². The Morgan fingerprint density at radius 2 is 1.90 bits per heavy atom. The molecule has 0 unspecified atom stereocenters.